The van der Waals surface area contributed by atoms with Crippen LogP contribution in [0.25, 0.3) is 0 Å². The lowest BCUT2D eigenvalue weighted by Gasteiger charge is -2.26. The molecule has 1 unspecified atom stereocenters. The van der Waals surface area contributed by atoms with Gasteiger partial charge in [0.05, 0.1) is 0 Å². The van der Waals surface area contributed by atoms with Crippen molar-refractivity contribution in [2.45, 2.75) is 57.0 Å². The smallest absolute Gasteiger partial charge is 0.0210 e. The maximum atomic E-state index is 3.87. The molecule has 1 aromatic carbocycles. The Bertz CT molecular complexity index is 396. The first-order chi connectivity index (χ1) is 8.33. The number of hydrogen-bond acceptors (Lipinski definition) is 1. The van der Waals surface area contributed by atoms with Crippen molar-refractivity contribution < 1.29 is 0 Å². The molecule has 2 heteroatoms. The summed E-state index contributed by atoms with van der Waals surface area (Å²) in [5.74, 6) is 0. The fraction of sp³-hybridized carbons (Fsp3) is 0.600. The molecule has 0 bridgehead atoms. The summed E-state index contributed by atoms with van der Waals surface area (Å²) in [4.78, 5) is 0. The van der Waals surface area contributed by atoms with Crippen molar-refractivity contribution in [1.29, 1.82) is 0 Å². The maximum Gasteiger partial charge on any atom is 0.0210 e. The first kappa shape index (κ1) is 11.7. The molecular weight excluding hydrogens is 274 g/mol. The third kappa shape index (κ3) is 2.58. The highest BCUT2D eigenvalue weighted by molar-refractivity contribution is 9.10. The number of hydrogen-bond donors (Lipinski definition) is 1. The molecule has 17 heavy (non-hydrogen) atoms. The van der Waals surface area contributed by atoms with E-state index in [4.69, 9.17) is 0 Å². The van der Waals surface area contributed by atoms with Crippen LogP contribution in [0.1, 0.15) is 43.2 Å². The van der Waals surface area contributed by atoms with Gasteiger partial charge in [-0.15, -0.1) is 0 Å². The van der Waals surface area contributed by atoms with Crippen molar-refractivity contribution in [3.8, 4) is 0 Å². The lowest BCUT2D eigenvalue weighted by atomic mass is 9.94. The Morgan fingerprint density at radius 1 is 1.00 bits per heavy atom. The van der Waals surface area contributed by atoms with Gasteiger partial charge >= 0.3 is 0 Å². The molecule has 0 aliphatic heterocycles. The van der Waals surface area contributed by atoms with Crippen molar-refractivity contribution in [1.82, 2.24) is 5.32 Å². The van der Waals surface area contributed by atoms with Crippen LogP contribution in [0.3, 0.4) is 0 Å². The zero-order valence-electron chi connectivity index (χ0n) is 10.2. The molecular formula is C15H20BrN. The summed E-state index contributed by atoms with van der Waals surface area (Å²) in [6.07, 6.45) is 9.46. The molecule has 0 heterocycles. The number of rotatable bonds is 2. The summed E-state index contributed by atoms with van der Waals surface area (Å²) < 4.78 is 1.29. The number of nitrogens with one attached hydrogen (secondary N) is 1. The third-order valence-electron chi connectivity index (χ3n) is 4.21. The predicted octanol–water partition coefficient (Wildman–Crippen LogP) is 3.84. The van der Waals surface area contributed by atoms with Crippen molar-refractivity contribution in [3.63, 3.8) is 0 Å². The van der Waals surface area contributed by atoms with Crippen molar-refractivity contribution >= 4 is 15.9 Å². The molecule has 0 spiro atoms. The van der Waals surface area contributed by atoms with Crippen molar-refractivity contribution in [3.05, 3.63) is 33.8 Å². The molecule has 0 radical (unpaired) electrons. The lowest BCUT2D eigenvalue weighted by molar-refractivity contribution is 0.339. The van der Waals surface area contributed by atoms with E-state index in [1.807, 2.05) is 0 Å². The second kappa shape index (κ2) is 5.11. The molecule has 1 fully saturated rings. The highest BCUT2D eigenvalue weighted by Crippen LogP contribution is 2.30. The first-order valence-electron chi connectivity index (χ1n) is 6.85. The van der Waals surface area contributed by atoms with E-state index in [9.17, 15) is 0 Å². The highest BCUT2D eigenvalue weighted by atomic mass is 79.9. The van der Waals surface area contributed by atoms with Crippen LogP contribution in [0, 0.1) is 0 Å². The average molecular weight is 294 g/mol. The monoisotopic (exact) mass is 293 g/mol. The van der Waals surface area contributed by atoms with Gasteiger partial charge in [-0.3, -0.25) is 0 Å². The van der Waals surface area contributed by atoms with Gasteiger partial charge in [0.25, 0.3) is 0 Å². The van der Waals surface area contributed by atoms with Crippen LogP contribution in [0.2, 0.25) is 0 Å². The second-order valence-electron chi connectivity index (χ2n) is 5.48. The lowest BCUT2D eigenvalue weighted by Crippen LogP contribution is -2.39. The molecule has 1 saturated carbocycles. The molecule has 92 valence electrons. The van der Waals surface area contributed by atoms with Crippen LogP contribution < -0.4 is 5.32 Å². The van der Waals surface area contributed by atoms with Crippen LogP contribution >= 0.6 is 15.9 Å². The first-order valence-corrected chi connectivity index (χ1v) is 7.64. The fourth-order valence-electron chi connectivity index (χ4n) is 3.33. The minimum absolute atomic E-state index is 0.673. The predicted molar refractivity (Wildman–Crippen MR) is 75.3 cm³/mol. The molecule has 1 N–H and O–H groups in total. The summed E-state index contributed by atoms with van der Waals surface area (Å²) in [6, 6.07) is 8.06. The summed E-state index contributed by atoms with van der Waals surface area (Å²) in [7, 11) is 0. The average Bonchev–Trinajstić information content (AvgIpc) is 2.74. The van der Waals surface area contributed by atoms with E-state index in [-0.39, 0.29) is 0 Å². The van der Waals surface area contributed by atoms with Crippen molar-refractivity contribution in [2.24, 2.45) is 0 Å². The molecule has 1 nitrogen and oxygen atoms in total. The highest BCUT2D eigenvalue weighted by Gasteiger charge is 2.25. The summed E-state index contributed by atoms with van der Waals surface area (Å²) in [5.41, 5.74) is 3.06. The molecule has 2 aliphatic carbocycles. The van der Waals surface area contributed by atoms with Crippen LogP contribution in [0.5, 0.6) is 0 Å². The van der Waals surface area contributed by atoms with Gasteiger partial charge in [0.1, 0.15) is 0 Å². The van der Waals surface area contributed by atoms with Gasteiger partial charge in [0.15, 0.2) is 0 Å². The quantitative estimate of drug-likeness (QED) is 0.874. The van der Waals surface area contributed by atoms with Gasteiger partial charge < -0.3 is 5.32 Å². The van der Waals surface area contributed by atoms with E-state index in [1.165, 1.54) is 60.5 Å². The third-order valence-corrected chi connectivity index (χ3v) is 4.95. The zero-order valence-corrected chi connectivity index (χ0v) is 11.8. The molecule has 1 aromatic rings. The molecule has 0 saturated heterocycles. The van der Waals surface area contributed by atoms with Crippen LogP contribution in [-0.2, 0) is 12.8 Å². The topological polar surface area (TPSA) is 12.0 Å². The minimum atomic E-state index is 0.673. The number of halogens is 1. The van der Waals surface area contributed by atoms with Gasteiger partial charge in [-0.2, -0.15) is 0 Å². The van der Waals surface area contributed by atoms with E-state index >= 15 is 0 Å². The largest absolute Gasteiger partial charge is 0.311 e. The molecule has 2 aliphatic rings. The van der Waals surface area contributed by atoms with Gasteiger partial charge in [0.2, 0.25) is 0 Å². The van der Waals surface area contributed by atoms with Gasteiger partial charge in [0, 0.05) is 16.6 Å². The van der Waals surface area contributed by atoms with E-state index in [1.54, 1.807) is 0 Å². The molecule has 1 atom stereocenters. The van der Waals surface area contributed by atoms with Crippen LogP contribution in [0.4, 0.5) is 0 Å². The normalized spacial score (nSPS) is 24.9. The molecule has 3 rings (SSSR count). The van der Waals surface area contributed by atoms with Crippen LogP contribution in [-0.4, -0.2) is 12.1 Å². The Labute approximate surface area is 112 Å². The second-order valence-corrected chi connectivity index (χ2v) is 6.34. The Kier molecular flexibility index (Phi) is 3.53. The van der Waals surface area contributed by atoms with Gasteiger partial charge in [-0.1, -0.05) is 47.3 Å². The molecule has 0 aromatic heterocycles. The van der Waals surface area contributed by atoms with Gasteiger partial charge in [-0.05, 0) is 42.9 Å². The van der Waals surface area contributed by atoms with Gasteiger partial charge in [-0.25, -0.2) is 0 Å². The number of benzene rings is 1. The van der Waals surface area contributed by atoms with E-state index in [2.05, 4.69) is 39.4 Å². The standard InChI is InChI=1S/C15H20BrN/c16-15-8-4-5-11-9-13(10-14(11)15)17-12-6-2-1-3-7-12/h4-5,8,12-13,17H,1-3,6-7,9-10H2. The summed E-state index contributed by atoms with van der Waals surface area (Å²) in [6.45, 7) is 0. The Hall–Kier alpha value is -0.340. The Morgan fingerprint density at radius 3 is 2.59 bits per heavy atom. The van der Waals surface area contributed by atoms with E-state index in [0.29, 0.717) is 6.04 Å². The molecule has 0 amide bonds. The Morgan fingerprint density at radius 2 is 1.82 bits per heavy atom. The fourth-order valence-corrected chi connectivity index (χ4v) is 3.90. The summed E-state index contributed by atoms with van der Waals surface area (Å²) >= 11 is 3.67. The Balaban J connectivity index is 1.63. The van der Waals surface area contributed by atoms with Crippen molar-refractivity contribution in [2.75, 3.05) is 0 Å². The SMILES string of the molecule is Brc1cccc2c1CC(NC1CCCCC1)C2. The maximum absolute atomic E-state index is 3.87. The van der Waals surface area contributed by atoms with E-state index < -0.39 is 0 Å². The number of fused-ring (bicyclic) bond motifs is 1. The zero-order chi connectivity index (χ0) is 11.7. The van der Waals surface area contributed by atoms with Crippen LogP contribution in [0.15, 0.2) is 22.7 Å². The minimum Gasteiger partial charge on any atom is -0.311 e. The summed E-state index contributed by atoms with van der Waals surface area (Å²) in [5, 5.41) is 3.87. The van der Waals surface area contributed by atoms with E-state index in [0.717, 1.165) is 6.04 Å².